The topological polar surface area (TPSA) is 34.2 Å². The van der Waals surface area contributed by atoms with Crippen LogP contribution in [0.1, 0.15) is 5.56 Å². The van der Waals surface area contributed by atoms with Gasteiger partial charge < -0.3 is 10.1 Å². The summed E-state index contributed by atoms with van der Waals surface area (Å²) in [6, 6.07) is 14.4. The van der Waals surface area contributed by atoms with E-state index in [2.05, 4.69) is 16.9 Å². The molecule has 3 aromatic rings. The van der Waals surface area contributed by atoms with Crippen LogP contribution in [0.4, 0.5) is 10.1 Å². The van der Waals surface area contributed by atoms with Crippen molar-refractivity contribution in [3.63, 3.8) is 0 Å². The summed E-state index contributed by atoms with van der Waals surface area (Å²) in [6.07, 6.45) is 0. The summed E-state index contributed by atoms with van der Waals surface area (Å²) >= 11 is 0. The maximum Gasteiger partial charge on any atom is 0.183 e. The molecule has 1 aromatic heterocycles. The van der Waals surface area contributed by atoms with Crippen LogP contribution in [0.25, 0.3) is 22.2 Å². The minimum absolute atomic E-state index is 0.253. The first-order chi connectivity index (χ1) is 11.1. The van der Waals surface area contributed by atoms with Crippen LogP contribution in [0.5, 0.6) is 0 Å². The van der Waals surface area contributed by atoms with Gasteiger partial charge in [-0.15, -0.1) is 0 Å². The predicted molar refractivity (Wildman–Crippen MR) is 91.6 cm³/mol. The van der Waals surface area contributed by atoms with E-state index in [0.29, 0.717) is 5.88 Å². The predicted octanol–water partition coefficient (Wildman–Crippen LogP) is 4.88. The summed E-state index contributed by atoms with van der Waals surface area (Å²) in [5.41, 5.74) is 4.62. The number of halogens is 1. The smallest absolute Gasteiger partial charge is 0.183 e. The molecule has 0 radical (unpaired) electrons. The van der Waals surface area contributed by atoms with E-state index in [1.54, 1.807) is 13.2 Å². The molecule has 0 aliphatic rings. The maximum absolute atomic E-state index is 13.2. The molecule has 0 saturated carbocycles. The first kappa shape index (κ1) is 15.0. The molecule has 0 aliphatic carbocycles. The molecule has 0 saturated heterocycles. The number of ether oxygens (including phenoxy) is 1. The van der Waals surface area contributed by atoms with Gasteiger partial charge in [0.15, 0.2) is 5.88 Å². The van der Waals surface area contributed by atoms with Crippen LogP contribution in [0, 0.1) is 12.7 Å². The summed E-state index contributed by atoms with van der Waals surface area (Å²) in [4.78, 5) is 4.61. The van der Waals surface area contributed by atoms with Gasteiger partial charge in [-0.1, -0.05) is 12.1 Å². The van der Waals surface area contributed by atoms with E-state index in [1.165, 1.54) is 12.1 Å². The van der Waals surface area contributed by atoms with Gasteiger partial charge in [0.2, 0.25) is 0 Å². The Morgan fingerprint density at radius 3 is 2.70 bits per heavy atom. The van der Waals surface area contributed by atoms with Gasteiger partial charge in [-0.25, -0.2) is 9.37 Å². The number of aromatic nitrogens is 1. The number of pyridine rings is 1. The molecule has 0 fully saturated rings. The van der Waals surface area contributed by atoms with Crippen molar-refractivity contribution in [1.29, 1.82) is 0 Å². The average Bonchev–Trinajstić information content (AvgIpc) is 2.56. The number of nitrogens with zero attached hydrogens (tertiary/aromatic N) is 1. The zero-order valence-corrected chi connectivity index (χ0v) is 13.1. The van der Waals surface area contributed by atoms with Gasteiger partial charge in [-0.3, -0.25) is 0 Å². The highest BCUT2D eigenvalue weighted by Gasteiger charge is 2.06. The molecule has 0 bridgehead atoms. The Kier molecular flexibility index (Phi) is 3.98. The lowest BCUT2D eigenvalue weighted by molar-refractivity contribution is 0.299. The molecule has 0 spiro atoms. The fourth-order valence-corrected chi connectivity index (χ4v) is 2.42. The monoisotopic (exact) mass is 308 g/mol. The normalized spacial score (nSPS) is 10.6. The molecule has 3 rings (SSSR count). The van der Waals surface area contributed by atoms with Gasteiger partial charge in [0.25, 0.3) is 0 Å². The molecule has 4 heteroatoms. The lowest BCUT2D eigenvalue weighted by Crippen LogP contribution is -2.01. The molecule has 1 heterocycles. The Balaban J connectivity index is 1.97. The molecule has 23 heavy (non-hydrogen) atoms. The number of nitrogens with one attached hydrogen (secondary N) is 1. The second kappa shape index (κ2) is 6.08. The molecule has 116 valence electrons. The Hall–Kier alpha value is -2.88. The van der Waals surface area contributed by atoms with E-state index in [-0.39, 0.29) is 5.82 Å². The van der Waals surface area contributed by atoms with E-state index in [9.17, 15) is 4.39 Å². The molecule has 0 amide bonds. The Bertz CT molecular complexity index is 890. The lowest BCUT2D eigenvalue weighted by Gasteiger charge is -2.12. The summed E-state index contributed by atoms with van der Waals surface area (Å²) in [5, 5.41) is 3.89. The quantitative estimate of drug-likeness (QED) is 0.698. The third kappa shape index (κ3) is 3.16. The van der Waals surface area contributed by atoms with Gasteiger partial charge >= 0.3 is 0 Å². The maximum atomic E-state index is 13.2. The molecule has 2 aromatic carbocycles. The third-order valence-electron chi connectivity index (χ3n) is 3.69. The van der Waals surface area contributed by atoms with Gasteiger partial charge in [0.1, 0.15) is 5.82 Å². The summed E-state index contributed by atoms with van der Waals surface area (Å²) < 4.78 is 18.3. The van der Waals surface area contributed by atoms with Gasteiger partial charge in [0, 0.05) is 16.6 Å². The highest BCUT2D eigenvalue weighted by Crippen LogP contribution is 2.26. The SMILES string of the molecule is C=C(Nc1ccc(-c2ccc3cc(F)ccc3n2)cc1C)OC. The van der Waals surface area contributed by atoms with Crippen molar-refractivity contribution in [3.05, 3.63) is 72.4 Å². The number of benzene rings is 2. The van der Waals surface area contributed by atoms with Crippen molar-refractivity contribution in [2.75, 3.05) is 12.4 Å². The second-order valence-corrected chi connectivity index (χ2v) is 5.32. The first-order valence-electron chi connectivity index (χ1n) is 7.24. The highest BCUT2D eigenvalue weighted by molar-refractivity contribution is 5.82. The minimum atomic E-state index is -0.253. The van der Waals surface area contributed by atoms with Crippen LogP contribution in [-0.4, -0.2) is 12.1 Å². The highest BCUT2D eigenvalue weighted by atomic mass is 19.1. The number of hydrogen-bond acceptors (Lipinski definition) is 3. The molecule has 0 aliphatic heterocycles. The van der Waals surface area contributed by atoms with Crippen LogP contribution in [0.2, 0.25) is 0 Å². The number of rotatable bonds is 4. The van der Waals surface area contributed by atoms with Crippen molar-refractivity contribution >= 4 is 16.6 Å². The van der Waals surface area contributed by atoms with Gasteiger partial charge in [-0.2, -0.15) is 0 Å². The van der Waals surface area contributed by atoms with Crippen molar-refractivity contribution < 1.29 is 9.13 Å². The van der Waals surface area contributed by atoms with E-state index in [1.807, 2.05) is 37.3 Å². The molecule has 0 atom stereocenters. The van der Waals surface area contributed by atoms with E-state index < -0.39 is 0 Å². The van der Waals surface area contributed by atoms with E-state index in [4.69, 9.17) is 4.74 Å². The van der Waals surface area contributed by atoms with Crippen molar-refractivity contribution in [3.8, 4) is 11.3 Å². The molecule has 0 unspecified atom stereocenters. The van der Waals surface area contributed by atoms with Crippen molar-refractivity contribution in [2.45, 2.75) is 6.92 Å². The number of aryl methyl sites for hydroxylation is 1. The average molecular weight is 308 g/mol. The van der Waals surface area contributed by atoms with Gasteiger partial charge in [0.05, 0.1) is 18.3 Å². The van der Waals surface area contributed by atoms with Crippen LogP contribution < -0.4 is 5.32 Å². The van der Waals surface area contributed by atoms with Crippen molar-refractivity contribution in [1.82, 2.24) is 4.98 Å². The van der Waals surface area contributed by atoms with Crippen LogP contribution >= 0.6 is 0 Å². The molecule has 3 nitrogen and oxygen atoms in total. The third-order valence-corrected chi connectivity index (χ3v) is 3.69. The standard InChI is InChI=1S/C19H17FN2O/c1-12-10-14(4-7-17(12)21-13(2)23-3)18-8-5-15-11-16(20)6-9-19(15)22-18/h4-11,21H,2H2,1,3H3. The zero-order valence-electron chi connectivity index (χ0n) is 13.1. The number of fused-ring (bicyclic) bond motifs is 1. The van der Waals surface area contributed by atoms with Crippen LogP contribution in [-0.2, 0) is 4.74 Å². The number of methoxy groups -OCH3 is 1. The van der Waals surface area contributed by atoms with E-state index in [0.717, 1.165) is 33.4 Å². The fourth-order valence-electron chi connectivity index (χ4n) is 2.42. The minimum Gasteiger partial charge on any atom is -0.483 e. The lowest BCUT2D eigenvalue weighted by atomic mass is 10.1. The Morgan fingerprint density at radius 2 is 1.96 bits per heavy atom. The number of anilines is 1. The van der Waals surface area contributed by atoms with Gasteiger partial charge in [-0.05, 0) is 55.5 Å². The molecular weight excluding hydrogens is 291 g/mol. The summed E-state index contributed by atoms with van der Waals surface area (Å²) in [6.45, 7) is 5.76. The zero-order chi connectivity index (χ0) is 16.4. The fraction of sp³-hybridized carbons (Fsp3) is 0.105. The molecular formula is C19H17FN2O. The van der Waals surface area contributed by atoms with Crippen molar-refractivity contribution in [2.24, 2.45) is 0 Å². The Morgan fingerprint density at radius 1 is 1.13 bits per heavy atom. The Labute approximate surface area is 134 Å². The summed E-state index contributed by atoms with van der Waals surface area (Å²) in [7, 11) is 1.57. The first-order valence-corrected chi connectivity index (χ1v) is 7.24. The van der Waals surface area contributed by atoms with Crippen LogP contribution in [0.15, 0.2) is 61.0 Å². The molecule has 1 N–H and O–H groups in total. The largest absolute Gasteiger partial charge is 0.483 e. The summed E-state index contributed by atoms with van der Waals surface area (Å²) in [5.74, 6) is 0.239. The number of hydrogen-bond donors (Lipinski definition) is 1. The van der Waals surface area contributed by atoms with E-state index >= 15 is 0 Å². The van der Waals surface area contributed by atoms with Crippen LogP contribution in [0.3, 0.4) is 0 Å². The second-order valence-electron chi connectivity index (χ2n) is 5.32.